The van der Waals surface area contributed by atoms with Gasteiger partial charge in [0, 0.05) is 0 Å². The summed E-state index contributed by atoms with van der Waals surface area (Å²) >= 11 is 0. The molecule has 1 atom stereocenters. The minimum Gasteiger partial charge on any atom is -0.384 e. The van der Waals surface area contributed by atoms with E-state index >= 15 is 0 Å². The summed E-state index contributed by atoms with van der Waals surface area (Å²) in [4.78, 5) is 4.23. The molecule has 3 heteroatoms. The molecule has 1 aromatic carbocycles. The highest BCUT2D eigenvalue weighted by molar-refractivity contribution is 5.44. The van der Waals surface area contributed by atoms with Crippen molar-refractivity contribution in [3.05, 3.63) is 53.6 Å². The Labute approximate surface area is 102 Å². The lowest BCUT2D eigenvalue weighted by Gasteiger charge is -2.17. The van der Waals surface area contributed by atoms with Gasteiger partial charge in [0.15, 0.2) is 0 Å². The normalized spacial score (nSPS) is 12.1. The zero-order chi connectivity index (χ0) is 12.3. The second-order valence-corrected chi connectivity index (χ2v) is 4.17. The summed E-state index contributed by atoms with van der Waals surface area (Å²) in [7, 11) is 0. The fourth-order valence-corrected chi connectivity index (χ4v) is 1.90. The Kier molecular flexibility index (Phi) is 3.28. The Balaban J connectivity index is 2.17. The molecule has 0 aliphatic rings. The summed E-state index contributed by atoms with van der Waals surface area (Å²) in [5.74, 6) is 1.34. The fourth-order valence-electron chi connectivity index (χ4n) is 1.90. The van der Waals surface area contributed by atoms with Crippen molar-refractivity contribution < 1.29 is 0 Å². The van der Waals surface area contributed by atoms with Crippen LogP contribution in [-0.4, -0.2) is 4.98 Å². The highest BCUT2D eigenvalue weighted by Gasteiger charge is 2.07. The molecule has 0 bridgehead atoms. The Morgan fingerprint density at radius 2 is 1.88 bits per heavy atom. The molecule has 0 fully saturated rings. The van der Waals surface area contributed by atoms with Gasteiger partial charge in [-0.1, -0.05) is 30.3 Å². The first-order valence-corrected chi connectivity index (χ1v) is 5.71. The van der Waals surface area contributed by atoms with E-state index in [1.807, 2.05) is 24.3 Å². The summed E-state index contributed by atoms with van der Waals surface area (Å²) in [5, 5.41) is 3.35. The van der Waals surface area contributed by atoms with E-state index in [4.69, 9.17) is 5.73 Å². The van der Waals surface area contributed by atoms with Gasteiger partial charge in [-0.3, -0.25) is 0 Å². The molecule has 0 amide bonds. The molecule has 0 saturated heterocycles. The highest BCUT2D eigenvalue weighted by atomic mass is 15.0. The maximum atomic E-state index is 5.65. The number of pyridine rings is 1. The Hall–Kier alpha value is -2.03. The summed E-state index contributed by atoms with van der Waals surface area (Å²) in [5.41, 5.74) is 8.20. The monoisotopic (exact) mass is 227 g/mol. The van der Waals surface area contributed by atoms with Crippen LogP contribution in [0.3, 0.4) is 0 Å². The minimum atomic E-state index is 0.213. The average Bonchev–Trinajstić information content (AvgIpc) is 2.29. The lowest BCUT2D eigenvalue weighted by Crippen LogP contribution is -2.09. The lowest BCUT2D eigenvalue weighted by molar-refractivity contribution is 0.865. The van der Waals surface area contributed by atoms with E-state index in [9.17, 15) is 0 Å². The SMILES string of the molecule is Cc1ccccc1C(C)Nc1cccc(N)n1. The first-order chi connectivity index (χ1) is 8.16. The zero-order valence-corrected chi connectivity index (χ0v) is 10.1. The number of anilines is 2. The molecule has 3 N–H and O–H groups in total. The number of hydrogen-bond donors (Lipinski definition) is 2. The smallest absolute Gasteiger partial charge is 0.128 e. The molecule has 17 heavy (non-hydrogen) atoms. The van der Waals surface area contributed by atoms with Crippen LogP contribution < -0.4 is 11.1 Å². The molecule has 0 spiro atoms. The third-order valence-electron chi connectivity index (χ3n) is 2.79. The van der Waals surface area contributed by atoms with Crippen LogP contribution in [0.2, 0.25) is 0 Å². The predicted octanol–water partition coefficient (Wildman–Crippen LogP) is 3.15. The largest absolute Gasteiger partial charge is 0.384 e. The number of benzene rings is 1. The molecular weight excluding hydrogens is 210 g/mol. The van der Waals surface area contributed by atoms with Crippen molar-refractivity contribution >= 4 is 11.6 Å². The second-order valence-electron chi connectivity index (χ2n) is 4.17. The quantitative estimate of drug-likeness (QED) is 0.847. The Morgan fingerprint density at radius 1 is 1.12 bits per heavy atom. The van der Waals surface area contributed by atoms with Gasteiger partial charge in [-0.2, -0.15) is 0 Å². The van der Waals surface area contributed by atoms with Crippen LogP contribution in [0.15, 0.2) is 42.5 Å². The molecular formula is C14H17N3. The van der Waals surface area contributed by atoms with Gasteiger partial charge in [0.25, 0.3) is 0 Å². The van der Waals surface area contributed by atoms with Gasteiger partial charge in [0.05, 0.1) is 6.04 Å². The van der Waals surface area contributed by atoms with E-state index in [1.54, 1.807) is 6.07 Å². The van der Waals surface area contributed by atoms with Crippen LogP contribution in [0.5, 0.6) is 0 Å². The molecule has 2 rings (SSSR count). The predicted molar refractivity (Wildman–Crippen MR) is 71.9 cm³/mol. The molecule has 2 aromatic rings. The minimum absolute atomic E-state index is 0.213. The van der Waals surface area contributed by atoms with Gasteiger partial charge in [0.1, 0.15) is 11.6 Å². The number of nitrogens with one attached hydrogen (secondary N) is 1. The van der Waals surface area contributed by atoms with Crippen LogP contribution >= 0.6 is 0 Å². The number of nitrogen functional groups attached to an aromatic ring is 1. The number of nitrogens with two attached hydrogens (primary N) is 1. The number of hydrogen-bond acceptors (Lipinski definition) is 3. The van der Waals surface area contributed by atoms with E-state index in [1.165, 1.54) is 11.1 Å². The summed E-state index contributed by atoms with van der Waals surface area (Å²) < 4.78 is 0. The van der Waals surface area contributed by atoms with Crippen molar-refractivity contribution in [3.63, 3.8) is 0 Å². The number of aryl methyl sites for hydroxylation is 1. The van der Waals surface area contributed by atoms with Crippen LogP contribution in [-0.2, 0) is 0 Å². The topological polar surface area (TPSA) is 50.9 Å². The molecule has 88 valence electrons. The van der Waals surface area contributed by atoms with Crippen molar-refractivity contribution in [2.24, 2.45) is 0 Å². The van der Waals surface area contributed by atoms with Gasteiger partial charge in [-0.05, 0) is 37.1 Å². The van der Waals surface area contributed by atoms with Gasteiger partial charge in [0.2, 0.25) is 0 Å². The molecule has 0 radical (unpaired) electrons. The van der Waals surface area contributed by atoms with Crippen molar-refractivity contribution in [2.75, 3.05) is 11.1 Å². The number of aromatic nitrogens is 1. The van der Waals surface area contributed by atoms with E-state index < -0.39 is 0 Å². The zero-order valence-electron chi connectivity index (χ0n) is 10.1. The van der Waals surface area contributed by atoms with Crippen LogP contribution in [0.4, 0.5) is 11.6 Å². The van der Waals surface area contributed by atoms with E-state index in [0.29, 0.717) is 5.82 Å². The number of nitrogens with zero attached hydrogens (tertiary/aromatic N) is 1. The second kappa shape index (κ2) is 4.87. The third-order valence-corrected chi connectivity index (χ3v) is 2.79. The van der Waals surface area contributed by atoms with Crippen molar-refractivity contribution in [1.29, 1.82) is 0 Å². The van der Waals surface area contributed by atoms with Gasteiger partial charge < -0.3 is 11.1 Å². The van der Waals surface area contributed by atoms with Gasteiger partial charge in [-0.25, -0.2) is 4.98 Å². The van der Waals surface area contributed by atoms with Crippen molar-refractivity contribution in [3.8, 4) is 0 Å². The first-order valence-electron chi connectivity index (χ1n) is 5.71. The van der Waals surface area contributed by atoms with E-state index in [2.05, 4.69) is 36.3 Å². The third kappa shape index (κ3) is 2.75. The van der Waals surface area contributed by atoms with Gasteiger partial charge >= 0.3 is 0 Å². The first kappa shape index (κ1) is 11.5. The molecule has 0 saturated carbocycles. The van der Waals surface area contributed by atoms with Crippen molar-refractivity contribution in [2.45, 2.75) is 19.9 Å². The van der Waals surface area contributed by atoms with Crippen molar-refractivity contribution in [1.82, 2.24) is 4.98 Å². The summed E-state index contributed by atoms with van der Waals surface area (Å²) in [6.45, 7) is 4.23. The molecule has 0 aliphatic heterocycles. The van der Waals surface area contributed by atoms with E-state index in [-0.39, 0.29) is 6.04 Å². The standard InChI is InChI=1S/C14H17N3/c1-10-6-3-4-7-12(10)11(2)16-14-9-5-8-13(15)17-14/h3-9,11H,1-2H3,(H3,15,16,17). The molecule has 0 aliphatic carbocycles. The molecule has 1 unspecified atom stereocenters. The number of rotatable bonds is 3. The summed E-state index contributed by atoms with van der Waals surface area (Å²) in [6, 6.07) is 14.1. The molecule has 3 nitrogen and oxygen atoms in total. The fraction of sp³-hybridized carbons (Fsp3) is 0.214. The molecule has 1 aromatic heterocycles. The lowest BCUT2D eigenvalue weighted by atomic mass is 10.0. The average molecular weight is 227 g/mol. The Morgan fingerprint density at radius 3 is 2.59 bits per heavy atom. The molecule has 1 heterocycles. The Bertz CT molecular complexity index is 508. The maximum Gasteiger partial charge on any atom is 0.128 e. The summed E-state index contributed by atoms with van der Waals surface area (Å²) in [6.07, 6.45) is 0. The highest BCUT2D eigenvalue weighted by Crippen LogP contribution is 2.21. The van der Waals surface area contributed by atoms with Gasteiger partial charge in [-0.15, -0.1) is 0 Å². The van der Waals surface area contributed by atoms with Crippen LogP contribution in [0, 0.1) is 6.92 Å². The van der Waals surface area contributed by atoms with Crippen LogP contribution in [0.25, 0.3) is 0 Å². The van der Waals surface area contributed by atoms with E-state index in [0.717, 1.165) is 5.82 Å². The van der Waals surface area contributed by atoms with Crippen LogP contribution in [0.1, 0.15) is 24.1 Å². The maximum absolute atomic E-state index is 5.65.